The van der Waals surface area contributed by atoms with Crippen LogP contribution in [-0.2, 0) is 104 Å². The van der Waals surface area contributed by atoms with Crippen LogP contribution in [0.1, 0.15) is 187 Å². The molecule has 0 aliphatic heterocycles. The fraction of sp³-hybridized carbons (Fsp3) is 0.895. The Balaban J connectivity index is 3.87. The normalized spacial score (nSPS) is 15.8. The molecule has 1 heterocycles. The van der Waals surface area contributed by atoms with Crippen LogP contribution in [0.15, 0.2) is 14.4 Å². The van der Waals surface area contributed by atoms with Gasteiger partial charge in [0.2, 0.25) is 0 Å². The Hall–Kier alpha value is -2.97. The van der Waals surface area contributed by atoms with Crippen LogP contribution < -0.4 is 17.1 Å². The van der Waals surface area contributed by atoms with Crippen LogP contribution in [0.4, 0.5) is 0 Å². The number of hydroxylamine groups is 6. The summed E-state index contributed by atoms with van der Waals surface area (Å²) in [5.74, 6) is -5.91. The topological polar surface area (TPSA) is 289 Å². The van der Waals surface area contributed by atoms with Gasteiger partial charge in [-0.2, -0.15) is 15.2 Å². The summed E-state index contributed by atoms with van der Waals surface area (Å²) in [6.45, 7) is 43.5. The second-order valence-electron chi connectivity index (χ2n) is 26.9. The second-order valence-corrected chi connectivity index (χ2v) is 33.1. The Morgan fingerprint density at radius 3 is 0.678 bits per heavy atom. The first-order valence-corrected chi connectivity index (χ1v) is 34.9. The zero-order valence-electron chi connectivity index (χ0n) is 57.5. The average Bonchev–Trinajstić information content (AvgIpc) is 1.02. The van der Waals surface area contributed by atoms with E-state index in [1.54, 1.807) is 104 Å². The molecule has 0 radical (unpaired) electrons. The lowest BCUT2D eigenvalue weighted by Crippen LogP contribution is -2.56. The average molecular weight is 1310 g/mol. The van der Waals surface area contributed by atoms with Crippen molar-refractivity contribution >= 4 is 40.7 Å². The molecule has 87 heavy (non-hydrogen) atoms. The molecule has 0 saturated carbocycles. The third-order valence-electron chi connectivity index (χ3n) is 12.6. The van der Waals surface area contributed by atoms with Gasteiger partial charge in [0.25, 0.3) is 0 Å². The maximum absolute atomic E-state index is 14.4. The fourth-order valence-corrected chi connectivity index (χ4v) is 17.2. The van der Waals surface area contributed by atoms with Gasteiger partial charge in [0.1, 0.15) is 37.2 Å². The van der Waals surface area contributed by atoms with E-state index in [9.17, 15) is 42.5 Å². The first kappa shape index (κ1) is 82.0. The van der Waals surface area contributed by atoms with Crippen molar-refractivity contribution in [1.29, 1.82) is 0 Å². The molecule has 0 aliphatic rings. The highest BCUT2D eigenvalue weighted by Crippen LogP contribution is 2.63. The SMILES string of the molecule is CCOP(=O)(OCC)C(N(OC(C)C(=O)OCCn1c(=O)n(CCOC(=O)C(C)ON(C(C(C)(C)C)P(=O)(OCC)OCC)C(C)(C)C)c(=O)n(CCOC(=O)C(C)ON(C(C(C)(C)C)P(=O)(OCC)OCC)C(C)(C)C)c1=O)C(C)(C)C)C(C)(C)C. The smallest absolute Gasteiger partial charge is 0.350 e. The monoisotopic (exact) mass is 1310 g/mol. The fourth-order valence-electron chi connectivity index (χ4n) is 9.19. The van der Waals surface area contributed by atoms with Crippen molar-refractivity contribution < 1.29 is 83.9 Å². The molecule has 0 N–H and O–H groups in total. The van der Waals surface area contributed by atoms with Crippen LogP contribution >= 0.6 is 22.8 Å². The van der Waals surface area contributed by atoms with Crippen LogP contribution in [0, 0.1) is 16.2 Å². The Morgan fingerprint density at radius 2 is 0.540 bits per heavy atom. The maximum atomic E-state index is 14.4. The first-order chi connectivity index (χ1) is 39.6. The summed E-state index contributed by atoms with van der Waals surface area (Å²) in [5, 5.41) is 4.22. The van der Waals surface area contributed by atoms with Crippen LogP contribution in [0.3, 0.4) is 0 Å². The molecule has 0 spiro atoms. The molecule has 6 unspecified atom stereocenters. The summed E-state index contributed by atoms with van der Waals surface area (Å²) < 4.78 is 96.6. The highest BCUT2D eigenvalue weighted by atomic mass is 31.2. The van der Waals surface area contributed by atoms with Crippen LogP contribution in [0.25, 0.3) is 0 Å². The Labute approximate surface area is 517 Å². The molecule has 510 valence electrons. The van der Waals surface area contributed by atoms with Gasteiger partial charge in [0.05, 0.1) is 59.3 Å². The number of rotatable bonds is 36. The van der Waals surface area contributed by atoms with Crippen LogP contribution in [0.2, 0.25) is 0 Å². The lowest BCUT2D eigenvalue weighted by atomic mass is 9.94. The molecule has 0 saturated heterocycles. The Morgan fingerprint density at radius 1 is 0.368 bits per heavy atom. The minimum Gasteiger partial charge on any atom is -0.462 e. The van der Waals surface area contributed by atoms with Crippen molar-refractivity contribution in [2.24, 2.45) is 16.2 Å². The third kappa shape index (κ3) is 23.3. The van der Waals surface area contributed by atoms with E-state index in [4.69, 9.17) is 55.9 Å². The van der Waals surface area contributed by atoms with E-state index in [2.05, 4.69) is 0 Å². The zero-order chi connectivity index (χ0) is 67.9. The molecule has 27 nitrogen and oxygen atoms in total. The molecule has 0 amide bonds. The van der Waals surface area contributed by atoms with E-state index in [-0.39, 0.29) is 39.6 Å². The molecule has 1 aromatic rings. The van der Waals surface area contributed by atoms with Gasteiger partial charge in [-0.3, -0.25) is 28.2 Å². The highest BCUT2D eigenvalue weighted by molar-refractivity contribution is 7.55. The molecule has 0 fully saturated rings. The van der Waals surface area contributed by atoms with Crippen molar-refractivity contribution in [2.45, 2.75) is 259 Å². The molecule has 1 aromatic heterocycles. The minimum absolute atomic E-state index is 0.0598. The molecular weight excluding hydrogens is 1200 g/mol. The molecule has 0 aromatic carbocycles. The molecule has 30 heteroatoms. The van der Waals surface area contributed by atoms with Crippen molar-refractivity contribution in [3.8, 4) is 0 Å². The van der Waals surface area contributed by atoms with Crippen LogP contribution in [0.5, 0.6) is 0 Å². The number of esters is 3. The van der Waals surface area contributed by atoms with E-state index in [1.807, 2.05) is 62.3 Å². The maximum Gasteiger partial charge on any atom is 0.350 e. The highest BCUT2D eigenvalue weighted by Gasteiger charge is 2.55. The summed E-state index contributed by atoms with van der Waals surface area (Å²) in [4.78, 5) is 103. The van der Waals surface area contributed by atoms with Gasteiger partial charge in [-0.15, -0.1) is 0 Å². The minimum atomic E-state index is -3.94. The molecule has 0 bridgehead atoms. The predicted octanol–water partition coefficient (Wildman–Crippen LogP) is 9.98. The van der Waals surface area contributed by atoms with Gasteiger partial charge in [-0.1, -0.05) is 62.3 Å². The van der Waals surface area contributed by atoms with Crippen molar-refractivity contribution in [1.82, 2.24) is 28.9 Å². The lowest BCUT2D eigenvalue weighted by molar-refractivity contribution is -0.263. The zero-order valence-corrected chi connectivity index (χ0v) is 60.2. The quantitative estimate of drug-likeness (QED) is 0.0261. The lowest BCUT2D eigenvalue weighted by Gasteiger charge is -2.47. The van der Waals surface area contributed by atoms with Gasteiger partial charge in [0, 0.05) is 16.6 Å². The second kappa shape index (κ2) is 33.6. The van der Waals surface area contributed by atoms with Crippen molar-refractivity contribution in [3.05, 3.63) is 31.5 Å². The summed E-state index contributed by atoms with van der Waals surface area (Å²) in [6, 6.07) is 0. The van der Waals surface area contributed by atoms with Gasteiger partial charge >= 0.3 is 57.8 Å². The number of carbonyl (C=O) groups is 3. The molecule has 6 atom stereocenters. The predicted molar refractivity (Wildman–Crippen MR) is 331 cm³/mol. The van der Waals surface area contributed by atoms with E-state index >= 15 is 0 Å². The van der Waals surface area contributed by atoms with Gasteiger partial charge in [0.15, 0.2) is 18.3 Å². The summed E-state index contributed by atoms with van der Waals surface area (Å²) in [5.41, 5.74) is -8.61. The summed E-state index contributed by atoms with van der Waals surface area (Å²) >= 11 is 0. The largest absolute Gasteiger partial charge is 0.462 e. The number of carbonyl (C=O) groups excluding carboxylic acids is 3. The van der Waals surface area contributed by atoms with Gasteiger partial charge in [-0.25, -0.2) is 42.5 Å². The summed E-state index contributed by atoms with van der Waals surface area (Å²) in [7, 11) is -11.8. The van der Waals surface area contributed by atoms with Gasteiger partial charge in [-0.05, 0) is 141 Å². The molecule has 1 rings (SSSR count). The Bertz CT molecular complexity index is 2350. The number of aromatic nitrogens is 3. The summed E-state index contributed by atoms with van der Waals surface area (Å²) in [6.07, 6.45) is -4.09. The third-order valence-corrected chi connectivity index (χ3v) is 21.1. The van der Waals surface area contributed by atoms with Crippen molar-refractivity contribution in [2.75, 3.05) is 59.5 Å². The van der Waals surface area contributed by atoms with E-state index in [0.717, 1.165) is 0 Å². The number of hydrogen-bond acceptors (Lipinski definition) is 24. The number of ether oxygens (including phenoxy) is 3. The molecule has 0 aliphatic carbocycles. The van der Waals surface area contributed by atoms with Crippen LogP contribution in [-0.4, -0.2) is 159 Å². The standard InChI is InChI=1S/C57H111N6O21P3/c1-28-76-85(70,77-29-2)46(52(10,11)12)61(55(19,20)21)82-40(7)43(64)73-37-34-58-49(67)59(35-38-74-44(65)41(8)83-62(56(22,23)24)47(53(13,14)15)86(71,78-30-3)79-31-4)51(69)60(50(58)68)36-39-75-45(66)42(9)84-63(57(25,26)27)48(54(16,17)18)87(72,80-32-5)81-33-6/h40-42,46-48H,28-39H2,1-27H3. The van der Waals surface area contributed by atoms with E-state index < -0.39 is 166 Å². The molecular formula is C57H111N6O21P3. The van der Waals surface area contributed by atoms with Crippen molar-refractivity contribution in [3.63, 3.8) is 0 Å². The number of hydrogen-bond donors (Lipinski definition) is 0. The van der Waals surface area contributed by atoms with E-state index in [0.29, 0.717) is 13.7 Å². The number of nitrogens with zero attached hydrogens (tertiary/aromatic N) is 6. The Kier molecular flexibility index (Phi) is 31.6. The van der Waals surface area contributed by atoms with Gasteiger partial charge < -0.3 is 41.4 Å². The first-order valence-electron chi connectivity index (χ1n) is 30.1. The van der Waals surface area contributed by atoms with E-state index in [1.165, 1.54) is 36.0 Å².